The van der Waals surface area contributed by atoms with E-state index in [-0.39, 0.29) is 5.84 Å². The first-order valence-corrected chi connectivity index (χ1v) is 6.65. The fraction of sp³-hybridized carbons (Fsp3) is 0.214. The summed E-state index contributed by atoms with van der Waals surface area (Å²) in [5.74, 6) is 0.923. The second-order valence-electron chi connectivity index (χ2n) is 4.07. The van der Waals surface area contributed by atoms with Crippen molar-refractivity contribution in [1.82, 2.24) is 0 Å². The molecular formula is C14H16N2OS. The molecule has 3 nitrogen and oxygen atoms in total. The summed E-state index contributed by atoms with van der Waals surface area (Å²) in [5.41, 5.74) is 7.21. The Morgan fingerprint density at radius 3 is 2.83 bits per heavy atom. The Balaban J connectivity index is 1.94. The van der Waals surface area contributed by atoms with Crippen molar-refractivity contribution in [2.45, 2.75) is 13.3 Å². The molecule has 2 rings (SSSR count). The summed E-state index contributed by atoms with van der Waals surface area (Å²) in [4.78, 5) is 1.33. The van der Waals surface area contributed by atoms with Gasteiger partial charge in [0.15, 0.2) is 0 Å². The molecule has 0 unspecified atom stereocenters. The normalized spacial score (nSPS) is 10.3. The van der Waals surface area contributed by atoms with E-state index in [1.54, 1.807) is 11.3 Å². The summed E-state index contributed by atoms with van der Waals surface area (Å²) < 4.78 is 5.69. The van der Waals surface area contributed by atoms with E-state index >= 15 is 0 Å². The lowest BCUT2D eigenvalue weighted by atomic mass is 10.1. The standard InChI is InChI=1S/C14H16N2OS/c1-10-9-11(4-5-13(10)14(15)16)17-7-6-12-3-2-8-18-12/h2-5,8-9H,6-7H2,1H3,(H3,15,16). The Labute approximate surface area is 111 Å². The lowest BCUT2D eigenvalue weighted by Crippen LogP contribution is -2.12. The number of nitrogen functional groups attached to an aromatic ring is 1. The molecule has 0 spiro atoms. The number of hydrogen-bond donors (Lipinski definition) is 2. The van der Waals surface area contributed by atoms with Gasteiger partial charge in [-0.3, -0.25) is 5.41 Å². The van der Waals surface area contributed by atoms with E-state index in [0.717, 1.165) is 23.3 Å². The average Bonchev–Trinajstić information content (AvgIpc) is 2.81. The van der Waals surface area contributed by atoms with Gasteiger partial charge < -0.3 is 10.5 Å². The van der Waals surface area contributed by atoms with Crippen LogP contribution in [0.4, 0.5) is 0 Å². The number of ether oxygens (including phenoxy) is 1. The number of rotatable bonds is 5. The molecule has 2 aromatic rings. The van der Waals surface area contributed by atoms with Gasteiger partial charge in [-0.1, -0.05) is 6.07 Å². The Hall–Kier alpha value is -1.81. The molecule has 0 aliphatic rings. The number of amidine groups is 1. The fourth-order valence-corrected chi connectivity index (χ4v) is 2.44. The third kappa shape index (κ3) is 3.11. The summed E-state index contributed by atoms with van der Waals surface area (Å²) in [6.45, 7) is 2.60. The first-order chi connectivity index (χ1) is 8.66. The van der Waals surface area contributed by atoms with Gasteiger partial charge >= 0.3 is 0 Å². The zero-order chi connectivity index (χ0) is 13.0. The molecule has 0 fully saturated rings. The maximum atomic E-state index is 7.42. The maximum absolute atomic E-state index is 7.42. The summed E-state index contributed by atoms with van der Waals surface area (Å²) in [6.07, 6.45) is 0.922. The van der Waals surface area contributed by atoms with Crippen molar-refractivity contribution in [3.63, 3.8) is 0 Å². The maximum Gasteiger partial charge on any atom is 0.123 e. The molecule has 0 radical (unpaired) electrons. The molecule has 1 aromatic carbocycles. The largest absolute Gasteiger partial charge is 0.493 e. The molecule has 0 saturated carbocycles. The molecule has 4 heteroatoms. The van der Waals surface area contributed by atoms with E-state index in [1.807, 2.05) is 31.2 Å². The van der Waals surface area contributed by atoms with Crippen LogP contribution in [-0.4, -0.2) is 12.4 Å². The summed E-state index contributed by atoms with van der Waals surface area (Å²) in [7, 11) is 0. The minimum absolute atomic E-state index is 0.0950. The van der Waals surface area contributed by atoms with Crippen molar-refractivity contribution in [3.8, 4) is 5.75 Å². The Kier molecular flexibility index (Phi) is 3.99. The van der Waals surface area contributed by atoms with E-state index in [2.05, 4.69) is 11.4 Å². The lowest BCUT2D eigenvalue weighted by molar-refractivity contribution is 0.323. The van der Waals surface area contributed by atoms with Crippen molar-refractivity contribution in [2.75, 3.05) is 6.61 Å². The first kappa shape index (κ1) is 12.6. The highest BCUT2D eigenvalue weighted by molar-refractivity contribution is 7.09. The van der Waals surface area contributed by atoms with E-state index < -0.39 is 0 Å². The van der Waals surface area contributed by atoms with E-state index in [4.69, 9.17) is 15.9 Å². The van der Waals surface area contributed by atoms with Gasteiger partial charge in [0.1, 0.15) is 11.6 Å². The van der Waals surface area contributed by atoms with Crippen molar-refractivity contribution >= 4 is 17.2 Å². The van der Waals surface area contributed by atoms with Crippen LogP contribution in [0.1, 0.15) is 16.0 Å². The van der Waals surface area contributed by atoms with Gasteiger partial charge in [0.2, 0.25) is 0 Å². The second kappa shape index (κ2) is 5.69. The molecule has 0 bridgehead atoms. The number of aryl methyl sites for hydroxylation is 1. The molecule has 3 N–H and O–H groups in total. The van der Waals surface area contributed by atoms with Crippen LogP contribution in [0.5, 0.6) is 5.75 Å². The molecule has 18 heavy (non-hydrogen) atoms. The highest BCUT2D eigenvalue weighted by Crippen LogP contribution is 2.17. The minimum atomic E-state index is 0.0950. The van der Waals surface area contributed by atoms with E-state index in [0.29, 0.717) is 6.61 Å². The number of hydrogen-bond acceptors (Lipinski definition) is 3. The predicted molar refractivity (Wildman–Crippen MR) is 75.7 cm³/mol. The van der Waals surface area contributed by atoms with Gasteiger partial charge in [0.25, 0.3) is 0 Å². The molecule has 0 amide bonds. The molecule has 0 saturated heterocycles. The fourth-order valence-electron chi connectivity index (χ4n) is 1.75. The predicted octanol–water partition coefficient (Wildman–Crippen LogP) is 2.96. The van der Waals surface area contributed by atoms with Crippen LogP contribution in [0.15, 0.2) is 35.7 Å². The summed E-state index contributed by atoms with van der Waals surface area (Å²) >= 11 is 1.74. The van der Waals surface area contributed by atoms with Gasteiger partial charge in [-0.25, -0.2) is 0 Å². The number of nitrogens with two attached hydrogens (primary N) is 1. The van der Waals surface area contributed by atoms with Crippen molar-refractivity contribution in [3.05, 3.63) is 51.7 Å². The van der Waals surface area contributed by atoms with Gasteiger partial charge in [0.05, 0.1) is 6.61 Å². The topological polar surface area (TPSA) is 59.1 Å². The highest BCUT2D eigenvalue weighted by atomic mass is 32.1. The molecule has 0 atom stereocenters. The second-order valence-corrected chi connectivity index (χ2v) is 5.10. The van der Waals surface area contributed by atoms with Crippen LogP contribution >= 0.6 is 11.3 Å². The van der Waals surface area contributed by atoms with Gasteiger partial charge in [-0.2, -0.15) is 0 Å². The molecule has 1 aromatic heterocycles. The van der Waals surface area contributed by atoms with Crippen LogP contribution in [0, 0.1) is 12.3 Å². The third-order valence-electron chi connectivity index (χ3n) is 2.69. The van der Waals surface area contributed by atoms with Crippen LogP contribution in [0.2, 0.25) is 0 Å². The van der Waals surface area contributed by atoms with Crippen LogP contribution in [0.3, 0.4) is 0 Å². The zero-order valence-electron chi connectivity index (χ0n) is 10.3. The Morgan fingerprint density at radius 2 is 2.22 bits per heavy atom. The number of nitrogens with one attached hydrogen (secondary N) is 1. The van der Waals surface area contributed by atoms with Crippen molar-refractivity contribution in [2.24, 2.45) is 5.73 Å². The third-order valence-corrected chi connectivity index (χ3v) is 3.62. The van der Waals surface area contributed by atoms with Crippen molar-refractivity contribution in [1.29, 1.82) is 5.41 Å². The summed E-state index contributed by atoms with van der Waals surface area (Å²) in [6, 6.07) is 9.77. The SMILES string of the molecule is Cc1cc(OCCc2cccs2)ccc1C(=N)N. The molecule has 0 aliphatic carbocycles. The van der Waals surface area contributed by atoms with Gasteiger partial charge in [-0.15, -0.1) is 11.3 Å². The zero-order valence-corrected chi connectivity index (χ0v) is 11.1. The smallest absolute Gasteiger partial charge is 0.123 e. The van der Waals surface area contributed by atoms with E-state index in [1.165, 1.54) is 4.88 Å². The molecule has 1 heterocycles. The minimum Gasteiger partial charge on any atom is -0.493 e. The Morgan fingerprint density at radius 1 is 1.39 bits per heavy atom. The first-order valence-electron chi connectivity index (χ1n) is 5.77. The van der Waals surface area contributed by atoms with Crippen LogP contribution in [-0.2, 0) is 6.42 Å². The summed E-state index contributed by atoms with van der Waals surface area (Å²) in [5, 5.41) is 9.49. The highest BCUT2D eigenvalue weighted by Gasteiger charge is 2.03. The Bertz CT molecular complexity index is 535. The number of benzene rings is 1. The van der Waals surface area contributed by atoms with Crippen LogP contribution in [0.25, 0.3) is 0 Å². The van der Waals surface area contributed by atoms with E-state index in [9.17, 15) is 0 Å². The van der Waals surface area contributed by atoms with Gasteiger partial charge in [0, 0.05) is 16.9 Å². The van der Waals surface area contributed by atoms with Gasteiger partial charge in [-0.05, 0) is 42.1 Å². The van der Waals surface area contributed by atoms with Crippen LogP contribution < -0.4 is 10.5 Å². The molecule has 94 valence electrons. The van der Waals surface area contributed by atoms with Crippen molar-refractivity contribution < 1.29 is 4.74 Å². The quantitative estimate of drug-likeness (QED) is 0.641. The number of thiophene rings is 1. The average molecular weight is 260 g/mol. The lowest BCUT2D eigenvalue weighted by Gasteiger charge is -2.09. The molecule has 0 aliphatic heterocycles. The molecular weight excluding hydrogens is 244 g/mol. The monoisotopic (exact) mass is 260 g/mol.